The van der Waals surface area contributed by atoms with E-state index < -0.39 is 0 Å². The molecule has 0 aliphatic carbocycles. The highest BCUT2D eigenvalue weighted by atomic mass is 15.2. The van der Waals surface area contributed by atoms with Gasteiger partial charge in [-0.1, -0.05) is 41.5 Å². The second kappa shape index (κ2) is 5.47. The van der Waals surface area contributed by atoms with Crippen LogP contribution in [0.5, 0.6) is 0 Å². The molecule has 1 unspecified atom stereocenters. The Balaban J connectivity index is 2.28. The average molecular weight is 290 g/mol. The second-order valence-corrected chi connectivity index (χ2v) is 8.23. The molecular weight excluding hydrogens is 260 g/mol. The third kappa shape index (κ3) is 3.66. The van der Waals surface area contributed by atoms with Gasteiger partial charge in [-0.05, 0) is 17.8 Å². The van der Waals surface area contributed by atoms with Crippen molar-refractivity contribution in [3.8, 4) is 0 Å². The van der Waals surface area contributed by atoms with Crippen LogP contribution in [0, 0.1) is 11.3 Å². The number of hydrogen-bond donors (Lipinski definition) is 1. The monoisotopic (exact) mass is 290 g/mol. The Hall–Kier alpha value is -1.32. The Bertz CT molecular complexity index is 496. The van der Waals surface area contributed by atoms with Gasteiger partial charge in [0.15, 0.2) is 0 Å². The molecular formula is C17H30N4. The molecule has 1 aliphatic rings. The number of rotatable bonds is 2. The van der Waals surface area contributed by atoms with Crippen LogP contribution in [0.4, 0.5) is 11.6 Å². The highest BCUT2D eigenvalue weighted by Gasteiger charge is 2.33. The molecule has 4 nitrogen and oxygen atoms in total. The third-order valence-corrected chi connectivity index (χ3v) is 4.38. The molecule has 1 atom stereocenters. The van der Waals surface area contributed by atoms with E-state index in [4.69, 9.17) is 4.98 Å². The molecule has 0 aromatic carbocycles. The largest absolute Gasteiger partial charge is 0.373 e. The molecule has 0 radical (unpaired) electrons. The van der Waals surface area contributed by atoms with Gasteiger partial charge in [-0.3, -0.25) is 0 Å². The molecule has 1 aliphatic heterocycles. The lowest BCUT2D eigenvalue weighted by Gasteiger charge is -2.28. The lowest BCUT2D eigenvalue weighted by atomic mass is 9.80. The number of nitrogens with zero attached hydrogens (tertiary/aromatic N) is 3. The molecule has 1 saturated heterocycles. The van der Waals surface area contributed by atoms with Crippen molar-refractivity contribution in [3.63, 3.8) is 0 Å². The van der Waals surface area contributed by atoms with Crippen LogP contribution in [-0.2, 0) is 5.41 Å². The van der Waals surface area contributed by atoms with E-state index in [1.807, 2.05) is 7.05 Å². The van der Waals surface area contributed by atoms with Crippen LogP contribution >= 0.6 is 0 Å². The zero-order valence-corrected chi connectivity index (χ0v) is 14.6. The molecule has 1 N–H and O–H groups in total. The highest BCUT2D eigenvalue weighted by molar-refractivity contribution is 5.50. The second-order valence-electron chi connectivity index (χ2n) is 8.23. The molecule has 0 amide bonds. The minimum Gasteiger partial charge on any atom is -0.373 e. The van der Waals surface area contributed by atoms with Crippen LogP contribution in [0.25, 0.3) is 0 Å². The minimum absolute atomic E-state index is 0.0369. The van der Waals surface area contributed by atoms with E-state index in [1.54, 1.807) is 0 Å². The molecule has 2 heterocycles. The fourth-order valence-electron chi connectivity index (χ4n) is 2.74. The van der Waals surface area contributed by atoms with Crippen LogP contribution in [0.15, 0.2) is 6.07 Å². The summed E-state index contributed by atoms with van der Waals surface area (Å²) in [7, 11) is 1.92. The normalized spacial score (nSPS) is 20.0. The first-order valence-corrected chi connectivity index (χ1v) is 7.93. The van der Waals surface area contributed by atoms with Crippen molar-refractivity contribution in [3.05, 3.63) is 11.9 Å². The topological polar surface area (TPSA) is 41.0 Å². The summed E-state index contributed by atoms with van der Waals surface area (Å²) in [5.41, 5.74) is 0.325. The molecule has 0 saturated carbocycles. The molecule has 21 heavy (non-hydrogen) atoms. The summed E-state index contributed by atoms with van der Waals surface area (Å²) >= 11 is 0. The average Bonchev–Trinajstić information content (AvgIpc) is 2.86. The first-order chi connectivity index (χ1) is 9.61. The van der Waals surface area contributed by atoms with Gasteiger partial charge < -0.3 is 10.2 Å². The summed E-state index contributed by atoms with van der Waals surface area (Å²) in [6, 6.07) is 2.07. The van der Waals surface area contributed by atoms with E-state index in [9.17, 15) is 0 Å². The molecule has 1 aromatic rings. The zero-order valence-electron chi connectivity index (χ0n) is 14.6. The Kier molecular flexibility index (Phi) is 4.18. The van der Waals surface area contributed by atoms with Crippen molar-refractivity contribution in [2.45, 2.75) is 53.4 Å². The van der Waals surface area contributed by atoms with Crippen molar-refractivity contribution in [2.24, 2.45) is 11.3 Å². The van der Waals surface area contributed by atoms with Gasteiger partial charge in [0.25, 0.3) is 0 Å². The maximum absolute atomic E-state index is 4.83. The summed E-state index contributed by atoms with van der Waals surface area (Å²) in [5, 5.41) is 3.17. The number of aromatic nitrogens is 2. The maximum Gasteiger partial charge on any atom is 0.138 e. The Morgan fingerprint density at radius 3 is 2.29 bits per heavy atom. The number of anilines is 2. The lowest BCUT2D eigenvalue weighted by Crippen LogP contribution is -2.27. The summed E-state index contributed by atoms with van der Waals surface area (Å²) in [6.45, 7) is 15.7. The first kappa shape index (κ1) is 16.1. The Labute approximate surface area is 129 Å². The van der Waals surface area contributed by atoms with Crippen molar-refractivity contribution in [1.82, 2.24) is 9.97 Å². The van der Waals surface area contributed by atoms with Gasteiger partial charge in [0.1, 0.15) is 17.5 Å². The predicted octanol–water partition coefficient (Wildman–Crippen LogP) is 3.69. The lowest BCUT2D eigenvalue weighted by molar-refractivity contribution is 0.263. The van der Waals surface area contributed by atoms with E-state index in [2.05, 4.69) is 62.8 Å². The molecule has 0 spiro atoms. The zero-order chi connectivity index (χ0) is 15.8. The summed E-state index contributed by atoms with van der Waals surface area (Å²) in [4.78, 5) is 11.8. The van der Waals surface area contributed by atoms with E-state index in [0.717, 1.165) is 36.5 Å². The Morgan fingerprint density at radius 1 is 1.14 bits per heavy atom. The molecule has 1 aromatic heterocycles. The van der Waals surface area contributed by atoms with Crippen LogP contribution in [0.3, 0.4) is 0 Å². The van der Waals surface area contributed by atoms with Crippen molar-refractivity contribution in [1.29, 1.82) is 0 Å². The van der Waals surface area contributed by atoms with E-state index >= 15 is 0 Å². The van der Waals surface area contributed by atoms with Gasteiger partial charge in [0, 0.05) is 31.6 Å². The number of nitrogens with one attached hydrogen (secondary N) is 1. The SMILES string of the molecule is CNc1cc(N2CCC(C(C)(C)C)C2)nc(C(C)(C)C)n1. The van der Waals surface area contributed by atoms with Gasteiger partial charge in [-0.2, -0.15) is 0 Å². The van der Waals surface area contributed by atoms with E-state index in [1.165, 1.54) is 6.42 Å². The predicted molar refractivity (Wildman–Crippen MR) is 90.1 cm³/mol. The quantitative estimate of drug-likeness (QED) is 0.902. The van der Waals surface area contributed by atoms with E-state index in [0.29, 0.717) is 5.41 Å². The third-order valence-electron chi connectivity index (χ3n) is 4.38. The fraction of sp³-hybridized carbons (Fsp3) is 0.765. The van der Waals surface area contributed by atoms with Gasteiger partial charge in [-0.25, -0.2) is 9.97 Å². The van der Waals surface area contributed by atoms with Gasteiger partial charge >= 0.3 is 0 Å². The van der Waals surface area contributed by atoms with Gasteiger partial charge in [0.05, 0.1) is 0 Å². The molecule has 2 rings (SSSR count). The van der Waals surface area contributed by atoms with Crippen molar-refractivity contribution < 1.29 is 0 Å². The standard InChI is InChI=1S/C17H30N4/c1-16(2,3)12-8-9-21(11-12)14-10-13(18-7)19-15(20-14)17(4,5)6/h10,12H,8-9,11H2,1-7H3,(H,18,19,20). The van der Waals surface area contributed by atoms with Crippen LogP contribution < -0.4 is 10.2 Å². The first-order valence-electron chi connectivity index (χ1n) is 7.93. The molecule has 0 bridgehead atoms. The van der Waals surface area contributed by atoms with Crippen LogP contribution in [-0.4, -0.2) is 30.1 Å². The minimum atomic E-state index is -0.0369. The van der Waals surface area contributed by atoms with Gasteiger partial charge in [-0.15, -0.1) is 0 Å². The molecule has 1 fully saturated rings. The van der Waals surface area contributed by atoms with Crippen molar-refractivity contribution in [2.75, 3.05) is 30.4 Å². The van der Waals surface area contributed by atoms with Crippen LogP contribution in [0.2, 0.25) is 0 Å². The molecule has 4 heteroatoms. The van der Waals surface area contributed by atoms with Crippen LogP contribution in [0.1, 0.15) is 53.8 Å². The smallest absolute Gasteiger partial charge is 0.138 e. The molecule has 118 valence electrons. The summed E-state index contributed by atoms with van der Waals surface area (Å²) in [5.74, 6) is 3.60. The highest BCUT2D eigenvalue weighted by Crippen LogP contribution is 2.36. The van der Waals surface area contributed by atoms with Gasteiger partial charge in [0.2, 0.25) is 0 Å². The van der Waals surface area contributed by atoms with E-state index in [-0.39, 0.29) is 5.41 Å². The fourth-order valence-corrected chi connectivity index (χ4v) is 2.74. The summed E-state index contributed by atoms with van der Waals surface area (Å²) in [6.07, 6.45) is 1.24. The Morgan fingerprint density at radius 2 is 1.81 bits per heavy atom. The number of hydrogen-bond acceptors (Lipinski definition) is 4. The summed E-state index contributed by atoms with van der Waals surface area (Å²) < 4.78 is 0. The maximum atomic E-state index is 4.83. The van der Waals surface area contributed by atoms with Crippen molar-refractivity contribution >= 4 is 11.6 Å².